The largest absolute Gasteiger partial charge is 0.414 e. The normalized spacial score (nSPS) is 33.6. The van der Waals surface area contributed by atoms with Crippen LogP contribution in [0.15, 0.2) is 0 Å². The van der Waals surface area contributed by atoms with Crippen LogP contribution in [-0.4, -0.2) is 49.9 Å². The summed E-state index contributed by atoms with van der Waals surface area (Å²) in [4.78, 5) is 23.6. The number of amides is 1. The molecule has 108 valence electrons. The molecular weight excluding hydrogens is 282 g/mol. The highest BCUT2D eigenvalue weighted by Crippen LogP contribution is 2.30. The number of nitrogens with one attached hydrogen (secondary N) is 1. The maximum absolute atomic E-state index is 11.8. The first-order valence-corrected chi connectivity index (χ1v) is 11.0. The third kappa shape index (κ3) is 3.39. The van der Waals surface area contributed by atoms with Crippen molar-refractivity contribution in [3.8, 4) is 0 Å². The number of β-lactam (4-membered cyclic amide) rings is 1. The van der Waals surface area contributed by atoms with Gasteiger partial charge in [0.25, 0.3) is 0 Å². The zero-order valence-corrected chi connectivity index (χ0v) is 13.6. The summed E-state index contributed by atoms with van der Waals surface area (Å²) in [5.41, 5.74) is 0. The van der Waals surface area contributed by atoms with E-state index in [1.165, 1.54) is 11.8 Å². The van der Waals surface area contributed by atoms with Gasteiger partial charge in [0.05, 0.1) is 24.7 Å². The molecule has 2 aliphatic rings. The Hall–Kier alpha value is -0.373. The van der Waals surface area contributed by atoms with E-state index in [9.17, 15) is 9.59 Å². The van der Waals surface area contributed by atoms with Crippen LogP contribution in [0.1, 0.15) is 6.92 Å². The van der Waals surface area contributed by atoms with E-state index in [1.54, 1.807) is 0 Å². The van der Waals surface area contributed by atoms with Gasteiger partial charge in [-0.15, -0.1) is 0 Å². The van der Waals surface area contributed by atoms with E-state index in [0.717, 1.165) is 0 Å². The van der Waals surface area contributed by atoms with Crippen molar-refractivity contribution >= 4 is 31.1 Å². The average molecular weight is 303 g/mol. The molecule has 2 aliphatic heterocycles. The zero-order chi connectivity index (χ0) is 14.2. The predicted octanol–water partition coefficient (Wildman–Crippen LogP) is 1.000. The Labute approximate surface area is 118 Å². The highest BCUT2D eigenvalue weighted by atomic mass is 32.2. The topological polar surface area (TPSA) is 64.6 Å². The van der Waals surface area contributed by atoms with Gasteiger partial charge in [0.15, 0.2) is 8.32 Å². The molecule has 2 saturated heterocycles. The van der Waals surface area contributed by atoms with E-state index in [2.05, 4.69) is 25.0 Å². The Morgan fingerprint density at radius 1 is 1.42 bits per heavy atom. The lowest BCUT2D eigenvalue weighted by atomic mass is 9.83. The second-order valence-corrected chi connectivity index (χ2v) is 11.5. The minimum absolute atomic E-state index is 0.0152. The summed E-state index contributed by atoms with van der Waals surface area (Å²) in [6.45, 7) is 8.74. The molecule has 5 nitrogen and oxygen atoms in total. The van der Waals surface area contributed by atoms with Gasteiger partial charge >= 0.3 is 0 Å². The molecule has 0 saturated carbocycles. The lowest BCUT2D eigenvalue weighted by molar-refractivity contribution is -0.150. The van der Waals surface area contributed by atoms with E-state index in [-0.39, 0.29) is 29.1 Å². The number of hydrogen-bond donors (Lipinski definition) is 1. The van der Waals surface area contributed by atoms with Crippen molar-refractivity contribution in [3.63, 3.8) is 0 Å². The molecule has 2 rings (SSSR count). The van der Waals surface area contributed by atoms with Crippen LogP contribution in [-0.2, 0) is 18.8 Å². The zero-order valence-electron chi connectivity index (χ0n) is 11.8. The highest BCUT2D eigenvalue weighted by molar-refractivity contribution is 8.13. The Morgan fingerprint density at radius 2 is 2.11 bits per heavy atom. The van der Waals surface area contributed by atoms with Gasteiger partial charge in [-0.05, 0) is 26.6 Å². The fraction of sp³-hybridized carbons (Fsp3) is 0.833. The van der Waals surface area contributed by atoms with Gasteiger partial charge in [-0.3, -0.25) is 9.59 Å². The molecule has 2 fully saturated rings. The lowest BCUT2D eigenvalue weighted by Gasteiger charge is -2.45. The average Bonchev–Trinajstić information content (AvgIpc) is 2.24. The van der Waals surface area contributed by atoms with Crippen LogP contribution in [0.2, 0.25) is 19.6 Å². The van der Waals surface area contributed by atoms with Crippen molar-refractivity contribution in [3.05, 3.63) is 0 Å². The van der Waals surface area contributed by atoms with E-state index in [0.29, 0.717) is 12.4 Å². The number of hydrogen-bond acceptors (Lipinski definition) is 5. The van der Waals surface area contributed by atoms with Crippen LogP contribution < -0.4 is 5.32 Å². The van der Waals surface area contributed by atoms with E-state index < -0.39 is 14.4 Å². The van der Waals surface area contributed by atoms with Crippen LogP contribution in [0.5, 0.6) is 0 Å². The van der Waals surface area contributed by atoms with E-state index in [1.807, 2.05) is 6.92 Å². The third-order valence-corrected chi connectivity index (χ3v) is 5.19. The number of thioether (sulfide) groups is 1. The Bertz CT molecular complexity index is 384. The fourth-order valence-electron chi connectivity index (χ4n) is 2.54. The van der Waals surface area contributed by atoms with Crippen molar-refractivity contribution in [1.82, 2.24) is 5.32 Å². The van der Waals surface area contributed by atoms with E-state index >= 15 is 0 Å². The maximum Gasteiger partial charge on any atom is 0.228 e. The molecule has 0 aromatic heterocycles. The first-order valence-electron chi connectivity index (χ1n) is 6.56. The fourth-order valence-corrected chi connectivity index (χ4v) is 4.56. The molecule has 0 spiro atoms. The van der Waals surface area contributed by atoms with Crippen LogP contribution in [0.25, 0.3) is 0 Å². The summed E-state index contributed by atoms with van der Waals surface area (Å²) in [6, 6.07) is -0.237. The molecule has 0 bridgehead atoms. The summed E-state index contributed by atoms with van der Waals surface area (Å²) in [7, 11) is -1.70. The summed E-state index contributed by atoms with van der Waals surface area (Å²) in [6.07, 6.45) is -0.692. The first kappa shape index (κ1) is 15.0. The van der Waals surface area contributed by atoms with Crippen molar-refractivity contribution < 1.29 is 18.8 Å². The Balaban J connectivity index is 2.02. The van der Waals surface area contributed by atoms with Gasteiger partial charge in [0, 0.05) is 5.75 Å². The molecule has 7 heteroatoms. The molecule has 0 aromatic rings. The molecule has 2 heterocycles. The monoisotopic (exact) mass is 303 g/mol. The number of carbonyl (C=O) groups is 2. The summed E-state index contributed by atoms with van der Waals surface area (Å²) >= 11 is 1.28. The Kier molecular flexibility index (Phi) is 4.39. The number of carbonyl (C=O) groups excluding carboxylic acids is 2. The third-order valence-electron chi connectivity index (χ3n) is 3.23. The maximum atomic E-state index is 11.8. The van der Waals surface area contributed by atoms with Crippen molar-refractivity contribution in [1.29, 1.82) is 0 Å². The van der Waals surface area contributed by atoms with Gasteiger partial charge in [-0.25, -0.2) is 0 Å². The SMILES string of the molecule is C[C@@H](O[Si](C)(C)C)[C@H]1C(=O)N[C@@H]1C1OCCSC1=O. The van der Waals surface area contributed by atoms with Crippen molar-refractivity contribution in [2.75, 3.05) is 12.4 Å². The van der Waals surface area contributed by atoms with Crippen LogP contribution in [0, 0.1) is 5.92 Å². The molecule has 1 unspecified atom stereocenters. The first-order chi connectivity index (χ1) is 8.79. The predicted molar refractivity (Wildman–Crippen MR) is 76.5 cm³/mol. The minimum atomic E-state index is -1.70. The van der Waals surface area contributed by atoms with Crippen LogP contribution in [0.3, 0.4) is 0 Å². The van der Waals surface area contributed by atoms with Crippen molar-refractivity contribution in [2.45, 2.75) is 44.8 Å². The molecule has 1 N–H and O–H groups in total. The minimum Gasteiger partial charge on any atom is -0.414 e. The molecule has 0 aliphatic carbocycles. The number of ether oxygens (including phenoxy) is 1. The standard InChI is InChI=1S/C12H21NO4SSi/c1-7(17-19(2,3)4)8-9(13-11(8)14)10-12(15)18-6-5-16-10/h7-10H,5-6H2,1-4H3,(H,13,14)/t7-,8-,9+,10?/m1/s1. The second-order valence-electron chi connectivity index (χ2n) is 5.95. The van der Waals surface area contributed by atoms with E-state index in [4.69, 9.17) is 9.16 Å². The molecule has 19 heavy (non-hydrogen) atoms. The van der Waals surface area contributed by atoms with Gasteiger partial charge in [0.1, 0.15) is 6.10 Å². The summed E-state index contributed by atoms with van der Waals surface area (Å²) in [5, 5.41) is 2.81. The molecule has 0 aromatic carbocycles. The molecule has 1 amide bonds. The Morgan fingerprint density at radius 3 is 2.63 bits per heavy atom. The lowest BCUT2D eigenvalue weighted by Crippen LogP contribution is -2.69. The van der Waals surface area contributed by atoms with Crippen LogP contribution in [0.4, 0.5) is 0 Å². The quantitative estimate of drug-likeness (QED) is 0.620. The smallest absolute Gasteiger partial charge is 0.228 e. The van der Waals surface area contributed by atoms with Gasteiger partial charge in [0.2, 0.25) is 11.0 Å². The van der Waals surface area contributed by atoms with Crippen molar-refractivity contribution in [2.24, 2.45) is 5.92 Å². The molecule has 4 atom stereocenters. The highest BCUT2D eigenvalue weighted by Gasteiger charge is 2.51. The van der Waals surface area contributed by atoms with Gasteiger partial charge in [-0.1, -0.05) is 11.8 Å². The second kappa shape index (κ2) is 5.55. The molecular formula is C12H21NO4SSi. The van der Waals surface area contributed by atoms with Crippen LogP contribution >= 0.6 is 11.8 Å². The number of rotatable bonds is 4. The van der Waals surface area contributed by atoms with Gasteiger partial charge in [-0.2, -0.15) is 0 Å². The molecule has 0 radical (unpaired) electrons. The summed E-state index contributed by atoms with van der Waals surface area (Å²) in [5.74, 6) is 0.379. The van der Waals surface area contributed by atoms with Gasteiger partial charge < -0.3 is 14.5 Å². The summed E-state index contributed by atoms with van der Waals surface area (Å²) < 4.78 is 11.5.